The summed E-state index contributed by atoms with van der Waals surface area (Å²) in [6.07, 6.45) is 0.824. The second-order valence-electron chi connectivity index (χ2n) is 6.79. The van der Waals surface area contributed by atoms with Gasteiger partial charge in [-0.25, -0.2) is 4.98 Å². The molecule has 0 amide bonds. The second kappa shape index (κ2) is 8.89. The first-order valence-corrected chi connectivity index (χ1v) is 11.0. The molecule has 4 aromatic rings. The van der Waals surface area contributed by atoms with Crippen molar-refractivity contribution in [2.45, 2.75) is 19.3 Å². The number of alkyl halides is 3. The van der Waals surface area contributed by atoms with E-state index in [1.807, 2.05) is 18.8 Å². The monoisotopic (exact) mass is 444 g/mol. The number of rotatable bonds is 7. The molecule has 0 spiro atoms. The van der Waals surface area contributed by atoms with E-state index in [2.05, 4.69) is 25.7 Å². The van der Waals surface area contributed by atoms with Gasteiger partial charge in [0, 0.05) is 36.9 Å². The van der Waals surface area contributed by atoms with E-state index < -0.39 is 11.7 Å². The van der Waals surface area contributed by atoms with Crippen molar-refractivity contribution in [2.75, 3.05) is 17.3 Å². The van der Waals surface area contributed by atoms with Crippen LogP contribution in [0.5, 0.6) is 0 Å². The zero-order valence-corrected chi connectivity index (χ0v) is 17.6. The molecule has 6 nitrogen and oxygen atoms in total. The number of nitrogens with one attached hydrogen (secondary N) is 2. The minimum Gasteiger partial charge on any atom is -0.366 e. The molecule has 4 rings (SSSR count). The topological polar surface area (TPSA) is 67.1 Å². The maximum absolute atomic E-state index is 13.3. The van der Waals surface area contributed by atoms with Crippen LogP contribution in [-0.4, -0.2) is 26.2 Å². The lowest BCUT2D eigenvalue weighted by Gasteiger charge is -2.15. The van der Waals surface area contributed by atoms with Crippen LogP contribution in [0.2, 0.25) is 0 Å². The summed E-state index contributed by atoms with van der Waals surface area (Å²) in [5.41, 5.74) is 1.17. The largest absolute Gasteiger partial charge is 0.416 e. The van der Waals surface area contributed by atoms with Gasteiger partial charge in [0.1, 0.15) is 11.6 Å². The number of anilines is 2. The Morgan fingerprint density at radius 3 is 2.61 bits per heavy atom. The fourth-order valence-corrected chi connectivity index (χ4v) is 3.76. The highest BCUT2D eigenvalue weighted by Gasteiger charge is 2.32. The fourth-order valence-electron chi connectivity index (χ4n) is 3.19. The third-order valence-corrected chi connectivity index (χ3v) is 5.61. The van der Waals surface area contributed by atoms with Crippen LogP contribution >= 0.6 is 8.58 Å². The van der Waals surface area contributed by atoms with Crippen molar-refractivity contribution in [3.05, 3.63) is 77.7 Å². The Kier molecular flexibility index (Phi) is 6.04. The van der Waals surface area contributed by atoms with Gasteiger partial charge >= 0.3 is 6.18 Å². The summed E-state index contributed by atoms with van der Waals surface area (Å²) in [6.45, 7) is 2.55. The summed E-state index contributed by atoms with van der Waals surface area (Å²) in [4.78, 5) is 8.70. The lowest BCUT2D eigenvalue weighted by molar-refractivity contribution is -0.138. The van der Waals surface area contributed by atoms with E-state index in [0.29, 0.717) is 32.4 Å². The Balaban J connectivity index is 1.62. The molecule has 0 fully saturated rings. The molecule has 10 heteroatoms. The molecule has 0 aliphatic heterocycles. The van der Waals surface area contributed by atoms with Gasteiger partial charge in [-0.3, -0.25) is 4.98 Å². The Hall–Kier alpha value is -3.19. The van der Waals surface area contributed by atoms with Crippen molar-refractivity contribution >= 4 is 31.2 Å². The molecule has 0 radical (unpaired) electrons. The number of pyridine rings is 1. The molecule has 1 aromatic carbocycles. The number of aromatic nitrogens is 4. The number of hydrogen-bond donors (Lipinski definition) is 2. The molecule has 0 saturated heterocycles. The van der Waals surface area contributed by atoms with Crippen LogP contribution in [0.1, 0.15) is 16.7 Å². The molecule has 3 heterocycles. The van der Waals surface area contributed by atoms with Gasteiger partial charge in [0.05, 0.1) is 11.8 Å². The van der Waals surface area contributed by atoms with Gasteiger partial charge in [-0.15, -0.1) is 0 Å². The van der Waals surface area contributed by atoms with Gasteiger partial charge in [0.25, 0.3) is 0 Å². The highest BCUT2D eigenvalue weighted by Crippen LogP contribution is 2.32. The van der Waals surface area contributed by atoms with E-state index in [0.717, 1.165) is 16.9 Å². The minimum absolute atomic E-state index is 0.00121. The predicted octanol–water partition coefficient (Wildman–Crippen LogP) is 4.30. The summed E-state index contributed by atoms with van der Waals surface area (Å²) in [5.74, 6) is 1.16. The normalized spacial score (nSPS) is 12.0. The van der Waals surface area contributed by atoms with E-state index in [-0.39, 0.29) is 12.1 Å². The Morgan fingerprint density at radius 1 is 1.03 bits per heavy atom. The molecule has 31 heavy (non-hydrogen) atoms. The van der Waals surface area contributed by atoms with E-state index in [1.165, 1.54) is 12.1 Å². The number of halogens is 3. The summed E-state index contributed by atoms with van der Waals surface area (Å²) >= 11 is 0. The molecule has 160 valence electrons. The molecule has 0 aliphatic carbocycles. The standard InChI is InChI=1S/C21H20F3N6P/c1-31-17-13-28-30-19(27-11-14-5-4-8-25-10-14)9-18(29-20(17)30)26-12-15-6-2-3-7-16(15)21(22,23)24/h2-10,13,27,31H,11-12H2,1H3,(H,26,29). The second-order valence-corrected chi connectivity index (χ2v) is 7.83. The van der Waals surface area contributed by atoms with Crippen molar-refractivity contribution in [1.82, 2.24) is 19.6 Å². The first-order valence-electron chi connectivity index (χ1n) is 9.54. The summed E-state index contributed by atoms with van der Waals surface area (Å²) in [5, 5.41) is 11.8. The molecular weight excluding hydrogens is 424 g/mol. The average Bonchev–Trinajstić information content (AvgIpc) is 3.19. The summed E-state index contributed by atoms with van der Waals surface area (Å²) in [7, 11) is 0.481. The maximum atomic E-state index is 13.3. The molecule has 0 bridgehead atoms. The van der Waals surface area contributed by atoms with Gasteiger partial charge in [-0.2, -0.15) is 22.8 Å². The maximum Gasteiger partial charge on any atom is 0.416 e. The van der Waals surface area contributed by atoms with Crippen LogP contribution in [-0.2, 0) is 19.3 Å². The zero-order chi connectivity index (χ0) is 21.8. The van der Waals surface area contributed by atoms with Crippen molar-refractivity contribution in [3.63, 3.8) is 0 Å². The van der Waals surface area contributed by atoms with Crippen molar-refractivity contribution < 1.29 is 13.2 Å². The average molecular weight is 444 g/mol. The molecule has 0 aliphatic rings. The fraction of sp³-hybridized carbons (Fsp3) is 0.190. The Labute approximate surface area is 178 Å². The Morgan fingerprint density at radius 2 is 1.87 bits per heavy atom. The number of fused-ring (bicyclic) bond motifs is 1. The van der Waals surface area contributed by atoms with Gasteiger partial charge in [0.15, 0.2) is 5.65 Å². The first kappa shape index (κ1) is 21.1. The van der Waals surface area contributed by atoms with Crippen molar-refractivity contribution in [3.8, 4) is 0 Å². The third kappa shape index (κ3) is 4.77. The van der Waals surface area contributed by atoms with Gasteiger partial charge in [0.2, 0.25) is 0 Å². The van der Waals surface area contributed by atoms with E-state index in [9.17, 15) is 13.2 Å². The molecular formula is C21H20F3N6P. The molecule has 3 aromatic heterocycles. The van der Waals surface area contributed by atoms with Crippen LogP contribution < -0.4 is 15.9 Å². The van der Waals surface area contributed by atoms with Crippen LogP contribution in [0.25, 0.3) is 5.65 Å². The molecule has 0 saturated carbocycles. The van der Waals surface area contributed by atoms with Gasteiger partial charge in [-0.05, 0) is 29.9 Å². The lowest BCUT2D eigenvalue weighted by Crippen LogP contribution is -2.13. The van der Waals surface area contributed by atoms with Gasteiger partial charge in [-0.1, -0.05) is 32.8 Å². The molecule has 1 unspecified atom stereocenters. The summed E-state index contributed by atoms with van der Waals surface area (Å²) < 4.78 is 41.6. The van der Waals surface area contributed by atoms with E-state index in [1.54, 1.807) is 35.2 Å². The van der Waals surface area contributed by atoms with Gasteiger partial charge < -0.3 is 10.6 Å². The minimum atomic E-state index is -4.41. The highest BCUT2D eigenvalue weighted by molar-refractivity contribution is 7.46. The predicted molar refractivity (Wildman–Crippen MR) is 117 cm³/mol. The zero-order valence-electron chi connectivity index (χ0n) is 16.6. The van der Waals surface area contributed by atoms with Crippen LogP contribution in [0, 0.1) is 0 Å². The van der Waals surface area contributed by atoms with Crippen LogP contribution in [0.4, 0.5) is 24.8 Å². The molecule has 1 atom stereocenters. The van der Waals surface area contributed by atoms with Crippen LogP contribution in [0.3, 0.4) is 0 Å². The Bertz CT molecular complexity index is 1180. The van der Waals surface area contributed by atoms with E-state index >= 15 is 0 Å². The number of nitrogens with zero attached hydrogens (tertiary/aromatic N) is 4. The number of hydrogen-bond acceptors (Lipinski definition) is 5. The highest BCUT2D eigenvalue weighted by atomic mass is 31.1. The van der Waals surface area contributed by atoms with E-state index in [4.69, 9.17) is 0 Å². The first-order chi connectivity index (χ1) is 15.0. The quantitative estimate of drug-likeness (QED) is 0.416. The smallest absolute Gasteiger partial charge is 0.366 e. The number of benzene rings is 1. The SMILES string of the molecule is CPc1cnn2c(NCc3cccnc3)cc(NCc3ccccc3C(F)(F)F)nc12. The third-order valence-electron chi connectivity index (χ3n) is 4.72. The lowest BCUT2D eigenvalue weighted by atomic mass is 10.1. The van der Waals surface area contributed by atoms with Crippen molar-refractivity contribution in [1.29, 1.82) is 0 Å². The van der Waals surface area contributed by atoms with Crippen molar-refractivity contribution in [2.24, 2.45) is 0 Å². The molecule has 2 N–H and O–H groups in total. The summed E-state index contributed by atoms with van der Waals surface area (Å²) in [6, 6.07) is 11.1. The van der Waals surface area contributed by atoms with Crippen LogP contribution in [0.15, 0.2) is 61.1 Å².